The molecule has 0 saturated heterocycles. The molecule has 21 heavy (non-hydrogen) atoms. The number of fused-ring (bicyclic) bond motifs is 1. The maximum absolute atomic E-state index is 12.9. The van der Waals surface area contributed by atoms with E-state index in [9.17, 15) is 4.39 Å². The summed E-state index contributed by atoms with van der Waals surface area (Å²) in [5.41, 5.74) is 2.80. The topological polar surface area (TPSA) is 30.7 Å². The highest BCUT2D eigenvalue weighted by molar-refractivity contribution is 7.98. The minimum atomic E-state index is -0.216. The SMILES string of the molecule is C=CCn1c(SCc2ccc(F)cc2)nc2cccnc21. The lowest BCUT2D eigenvalue weighted by Crippen LogP contribution is -1.98. The minimum absolute atomic E-state index is 0.216. The molecule has 1 aromatic carbocycles. The van der Waals surface area contributed by atoms with E-state index in [1.54, 1.807) is 30.1 Å². The maximum atomic E-state index is 12.9. The van der Waals surface area contributed by atoms with Crippen LogP contribution in [0.15, 0.2) is 60.4 Å². The number of aromatic nitrogens is 3. The van der Waals surface area contributed by atoms with Crippen LogP contribution in [0.1, 0.15) is 5.56 Å². The van der Waals surface area contributed by atoms with E-state index in [-0.39, 0.29) is 5.82 Å². The summed E-state index contributed by atoms with van der Waals surface area (Å²) in [7, 11) is 0. The molecule has 106 valence electrons. The predicted octanol–water partition coefficient (Wildman–Crippen LogP) is 4.05. The number of rotatable bonds is 5. The standard InChI is InChI=1S/C16H14FN3S/c1-2-10-20-15-14(4-3-9-18-15)19-16(20)21-11-12-5-7-13(17)8-6-12/h2-9H,1,10-11H2. The third-order valence-electron chi connectivity index (χ3n) is 3.06. The van der Waals surface area contributed by atoms with E-state index in [1.807, 2.05) is 22.8 Å². The fraction of sp³-hybridized carbons (Fsp3) is 0.125. The fourth-order valence-electron chi connectivity index (χ4n) is 2.07. The predicted molar refractivity (Wildman–Crippen MR) is 83.7 cm³/mol. The zero-order valence-electron chi connectivity index (χ0n) is 11.4. The Kier molecular flexibility index (Phi) is 4.01. The second kappa shape index (κ2) is 6.10. The van der Waals surface area contributed by atoms with Gasteiger partial charge in [-0.15, -0.1) is 6.58 Å². The summed E-state index contributed by atoms with van der Waals surface area (Å²) in [5, 5.41) is 0.896. The fourth-order valence-corrected chi connectivity index (χ4v) is 3.04. The molecule has 3 nitrogen and oxygen atoms in total. The van der Waals surface area contributed by atoms with E-state index < -0.39 is 0 Å². The van der Waals surface area contributed by atoms with Crippen LogP contribution in [0.5, 0.6) is 0 Å². The first-order valence-corrected chi connectivity index (χ1v) is 7.56. The zero-order chi connectivity index (χ0) is 14.7. The Morgan fingerprint density at radius 2 is 2.05 bits per heavy atom. The van der Waals surface area contributed by atoms with Crippen molar-refractivity contribution in [3.8, 4) is 0 Å². The van der Waals surface area contributed by atoms with E-state index in [0.717, 1.165) is 27.6 Å². The average molecular weight is 299 g/mol. The van der Waals surface area contributed by atoms with Crippen LogP contribution in [0.4, 0.5) is 4.39 Å². The normalized spacial score (nSPS) is 10.9. The molecule has 2 aromatic heterocycles. The first-order valence-electron chi connectivity index (χ1n) is 6.57. The van der Waals surface area contributed by atoms with Gasteiger partial charge in [-0.25, -0.2) is 14.4 Å². The van der Waals surface area contributed by atoms with Gasteiger partial charge in [0.25, 0.3) is 0 Å². The lowest BCUT2D eigenvalue weighted by molar-refractivity contribution is 0.627. The van der Waals surface area contributed by atoms with Gasteiger partial charge in [-0.3, -0.25) is 4.57 Å². The monoisotopic (exact) mass is 299 g/mol. The molecule has 0 fully saturated rings. The summed E-state index contributed by atoms with van der Waals surface area (Å²) in [6.07, 6.45) is 3.59. The molecule has 0 unspecified atom stereocenters. The number of pyridine rings is 1. The van der Waals surface area contributed by atoms with Crippen molar-refractivity contribution in [1.29, 1.82) is 0 Å². The third-order valence-corrected chi connectivity index (χ3v) is 4.11. The number of benzene rings is 1. The van der Waals surface area contributed by atoms with Crippen LogP contribution in [-0.4, -0.2) is 14.5 Å². The van der Waals surface area contributed by atoms with Crippen molar-refractivity contribution in [2.45, 2.75) is 17.5 Å². The van der Waals surface area contributed by atoms with Crippen molar-refractivity contribution in [2.24, 2.45) is 0 Å². The van der Waals surface area contributed by atoms with Crippen LogP contribution in [0, 0.1) is 5.82 Å². The number of thioether (sulfide) groups is 1. The van der Waals surface area contributed by atoms with Crippen molar-refractivity contribution in [3.63, 3.8) is 0 Å². The molecule has 0 aliphatic rings. The van der Waals surface area contributed by atoms with Crippen LogP contribution < -0.4 is 0 Å². The first kappa shape index (κ1) is 13.8. The summed E-state index contributed by atoms with van der Waals surface area (Å²) in [5.74, 6) is 0.521. The molecule has 0 spiro atoms. The molecule has 0 radical (unpaired) electrons. The molecule has 0 amide bonds. The smallest absolute Gasteiger partial charge is 0.170 e. The summed E-state index contributed by atoms with van der Waals surface area (Å²) in [4.78, 5) is 8.98. The molecule has 3 rings (SSSR count). The molecule has 5 heteroatoms. The molecular weight excluding hydrogens is 285 g/mol. The summed E-state index contributed by atoms with van der Waals surface area (Å²) < 4.78 is 14.9. The summed E-state index contributed by atoms with van der Waals surface area (Å²) in [6.45, 7) is 4.45. The quantitative estimate of drug-likeness (QED) is 0.526. The molecule has 0 atom stereocenters. The van der Waals surface area contributed by atoms with Crippen LogP contribution in [0.2, 0.25) is 0 Å². The van der Waals surface area contributed by atoms with Gasteiger partial charge in [-0.1, -0.05) is 30.0 Å². The number of nitrogens with zero attached hydrogens (tertiary/aromatic N) is 3. The number of halogens is 1. The van der Waals surface area contributed by atoms with Crippen LogP contribution >= 0.6 is 11.8 Å². The molecule has 0 aliphatic heterocycles. The van der Waals surface area contributed by atoms with Crippen LogP contribution in [0.25, 0.3) is 11.2 Å². The second-order valence-corrected chi connectivity index (χ2v) is 5.50. The highest BCUT2D eigenvalue weighted by Crippen LogP contribution is 2.25. The number of hydrogen-bond acceptors (Lipinski definition) is 3. The molecule has 3 aromatic rings. The molecular formula is C16H14FN3S. The van der Waals surface area contributed by atoms with Gasteiger partial charge in [-0.2, -0.15) is 0 Å². The Bertz CT molecular complexity index is 765. The lowest BCUT2D eigenvalue weighted by atomic mass is 10.2. The summed E-state index contributed by atoms with van der Waals surface area (Å²) in [6, 6.07) is 10.4. The average Bonchev–Trinajstić information content (AvgIpc) is 2.85. The lowest BCUT2D eigenvalue weighted by Gasteiger charge is -2.05. The highest BCUT2D eigenvalue weighted by atomic mass is 32.2. The molecule has 0 aliphatic carbocycles. The van der Waals surface area contributed by atoms with Gasteiger partial charge >= 0.3 is 0 Å². The van der Waals surface area contributed by atoms with E-state index >= 15 is 0 Å². The molecule has 0 N–H and O–H groups in total. The first-order chi connectivity index (χ1) is 10.3. The largest absolute Gasteiger partial charge is 0.300 e. The van der Waals surface area contributed by atoms with Gasteiger partial charge in [0, 0.05) is 18.5 Å². The van der Waals surface area contributed by atoms with E-state index in [2.05, 4.69) is 16.5 Å². The number of allylic oxidation sites excluding steroid dienone is 1. The highest BCUT2D eigenvalue weighted by Gasteiger charge is 2.11. The van der Waals surface area contributed by atoms with Gasteiger partial charge in [0.1, 0.15) is 11.3 Å². The van der Waals surface area contributed by atoms with Crippen molar-refractivity contribution >= 4 is 22.9 Å². The van der Waals surface area contributed by atoms with Crippen molar-refractivity contribution in [1.82, 2.24) is 14.5 Å². The second-order valence-electron chi connectivity index (χ2n) is 4.55. The Hall–Kier alpha value is -2.14. The summed E-state index contributed by atoms with van der Waals surface area (Å²) >= 11 is 1.61. The van der Waals surface area contributed by atoms with Gasteiger partial charge < -0.3 is 0 Å². The van der Waals surface area contributed by atoms with Gasteiger partial charge in [-0.05, 0) is 29.8 Å². The Morgan fingerprint density at radius 3 is 2.81 bits per heavy atom. The number of hydrogen-bond donors (Lipinski definition) is 0. The van der Waals surface area contributed by atoms with Gasteiger partial charge in [0.2, 0.25) is 0 Å². The van der Waals surface area contributed by atoms with Gasteiger partial charge in [0.15, 0.2) is 10.8 Å². The maximum Gasteiger partial charge on any atom is 0.170 e. The van der Waals surface area contributed by atoms with E-state index in [1.165, 1.54) is 12.1 Å². The van der Waals surface area contributed by atoms with Crippen molar-refractivity contribution in [2.75, 3.05) is 0 Å². The van der Waals surface area contributed by atoms with Crippen LogP contribution in [-0.2, 0) is 12.3 Å². The molecule has 0 bridgehead atoms. The van der Waals surface area contributed by atoms with Crippen molar-refractivity contribution in [3.05, 3.63) is 66.6 Å². The van der Waals surface area contributed by atoms with Crippen LogP contribution in [0.3, 0.4) is 0 Å². The van der Waals surface area contributed by atoms with Gasteiger partial charge in [0.05, 0.1) is 0 Å². The minimum Gasteiger partial charge on any atom is -0.300 e. The zero-order valence-corrected chi connectivity index (χ0v) is 12.2. The molecule has 0 saturated carbocycles. The Morgan fingerprint density at radius 1 is 1.24 bits per heavy atom. The van der Waals surface area contributed by atoms with E-state index in [4.69, 9.17) is 0 Å². The molecule has 2 heterocycles. The number of imidazole rings is 1. The Labute approximate surface area is 126 Å². The van der Waals surface area contributed by atoms with Crippen molar-refractivity contribution < 1.29 is 4.39 Å². The third kappa shape index (κ3) is 2.97. The van der Waals surface area contributed by atoms with E-state index in [0.29, 0.717) is 6.54 Å². The Balaban J connectivity index is 1.87.